The number of carbonyl (C=O) groups is 1. The third-order valence-electron chi connectivity index (χ3n) is 4.58. The topological polar surface area (TPSA) is 93.9 Å². The van der Waals surface area contributed by atoms with Crippen molar-refractivity contribution in [3.63, 3.8) is 0 Å². The number of fused-ring (bicyclic) bond motifs is 1. The summed E-state index contributed by atoms with van der Waals surface area (Å²) in [4.78, 5) is 11.5. The Hall–Kier alpha value is -2.57. The molecule has 0 fully saturated rings. The number of carbonyl (C=O) groups excluding carboxylic acids is 1. The monoisotopic (exact) mass is 438 g/mol. The van der Waals surface area contributed by atoms with Crippen LogP contribution >= 0.6 is 0 Å². The van der Waals surface area contributed by atoms with Crippen LogP contribution in [0.1, 0.15) is 28.4 Å². The Morgan fingerprint density at radius 3 is 2.59 bits per heavy atom. The van der Waals surface area contributed by atoms with Crippen LogP contribution in [-0.2, 0) is 29.3 Å². The maximum Gasteiger partial charge on any atom is 0.392 e. The first-order chi connectivity index (χ1) is 13.5. The molecule has 13 heteroatoms. The Morgan fingerprint density at radius 1 is 1.24 bits per heavy atom. The van der Waals surface area contributed by atoms with Crippen LogP contribution in [0.4, 0.5) is 22.0 Å². The van der Waals surface area contributed by atoms with E-state index in [2.05, 4.69) is 15.5 Å². The van der Waals surface area contributed by atoms with Crippen LogP contribution in [-0.4, -0.2) is 41.0 Å². The second-order valence-electron chi connectivity index (χ2n) is 6.40. The summed E-state index contributed by atoms with van der Waals surface area (Å²) in [5.41, 5.74) is -0.469. The van der Waals surface area contributed by atoms with Crippen molar-refractivity contribution in [2.45, 2.75) is 42.8 Å². The molecule has 1 atom stereocenters. The largest absolute Gasteiger partial charge is 0.392 e. The van der Waals surface area contributed by atoms with Crippen LogP contribution in [0.2, 0.25) is 0 Å². The van der Waals surface area contributed by atoms with Crippen LogP contribution < -0.4 is 5.32 Å². The zero-order valence-electron chi connectivity index (χ0n) is 14.7. The van der Waals surface area contributed by atoms with Crippen molar-refractivity contribution in [3.05, 3.63) is 41.5 Å². The van der Waals surface area contributed by atoms with E-state index in [0.717, 1.165) is 12.1 Å². The van der Waals surface area contributed by atoms with Gasteiger partial charge in [0, 0.05) is 13.0 Å². The first-order valence-corrected chi connectivity index (χ1v) is 9.93. The van der Waals surface area contributed by atoms with Crippen LogP contribution in [0, 0.1) is 5.92 Å². The summed E-state index contributed by atoms with van der Waals surface area (Å²) >= 11 is 0. The number of nitrogens with zero attached hydrogens (tertiary/aromatic N) is 3. The Kier molecular flexibility index (Phi) is 5.61. The van der Waals surface area contributed by atoms with Gasteiger partial charge in [-0.15, -0.1) is 10.2 Å². The highest BCUT2D eigenvalue weighted by molar-refractivity contribution is 7.91. The van der Waals surface area contributed by atoms with E-state index in [9.17, 15) is 35.2 Å². The molecule has 0 spiro atoms. The van der Waals surface area contributed by atoms with Gasteiger partial charge in [-0.25, -0.2) is 8.42 Å². The standard InChI is InChI=1S/C16H15F5N4O3S/c17-15(18)29(27,28)11-4-2-1-3-10(11)14(26)22-8-13-24-23-12-7-9(16(19,20)21)5-6-25(12)13/h1-4,9,15H,5-8H2,(H,22,26)/t9-/m1/s1. The molecule has 1 aromatic carbocycles. The number of nitrogens with one attached hydrogen (secondary N) is 1. The van der Waals surface area contributed by atoms with Crippen molar-refractivity contribution < 1.29 is 35.2 Å². The molecule has 0 saturated heterocycles. The van der Waals surface area contributed by atoms with Crippen molar-refractivity contribution in [2.24, 2.45) is 5.92 Å². The first kappa shape index (κ1) is 21.1. The van der Waals surface area contributed by atoms with Gasteiger partial charge in [-0.05, 0) is 18.6 Å². The zero-order valence-corrected chi connectivity index (χ0v) is 15.5. The van der Waals surface area contributed by atoms with E-state index in [0.29, 0.717) is 0 Å². The van der Waals surface area contributed by atoms with Gasteiger partial charge in [0.05, 0.1) is 22.9 Å². The average molecular weight is 438 g/mol. The quantitative estimate of drug-likeness (QED) is 0.724. The molecule has 1 N–H and O–H groups in total. The lowest BCUT2D eigenvalue weighted by molar-refractivity contribution is -0.179. The predicted octanol–water partition coefficient (Wildman–Crippen LogP) is 2.33. The van der Waals surface area contributed by atoms with E-state index in [4.69, 9.17) is 0 Å². The number of amides is 1. The van der Waals surface area contributed by atoms with Crippen LogP contribution in [0.3, 0.4) is 0 Å². The van der Waals surface area contributed by atoms with Crippen LogP contribution in [0.5, 0.6) is 0 Å². The minimum absolute atomic E-state index is 0.00800. The lowest BCUT2D eigenvalue weighted by Gasteiger charge is -2.25. The number of rotatable bonds is 5. The SMILES string of the molecule is O=C(NCc1nnc2n1CC[C@@H](C(F)(F)F)C2)c1ccccc1S(=O)(=O)C(F)F. The number of benzene rings is 1. The summed E-state index contributed by atoms with van der Waals surface area (Å²) in [5, 5.41) is 9.84. The molecule has 1 aliphatic rings. The van der Waals surface area contributed by atoms with Gasteiger partial charge in [0.1, 0.15) is 5.82 Å². The fraction of sp³-hybridized carbons (Fsp3) is 0.438. The summed E-state index contributed by atoms with van der Waals surface area (Å²) in [6.07, 6.45) is -4.84. The lowest BCUT2D eigenvalue weighted by Crippen LogP contribution is -2.32. The molecule has 1 amide bonds. The van der Waals surface area contributed by atoms with Gasteiger partial charge in [-0.1, -0.05) is 12.1 Å². The van der Waals surface area contributed by atoms with Crippen molar-refractivity contribution in [2.75, 3.05) is 0 Å². The first-order valence-electron chi connectivity index (χ1n) is 8.38. The van der Waals surface area contributed by atoms with Gasteiger partial charge in [-0.3, -0.25) is 4.79 Å². The number of aromatic nitrogens is 3. The lowest BCUT2D eigenvalue weighted by atomic mass is 9.97. The molecular weight excluding hydrogens is 423 g/mol. The number of sulfone groups is 1. The molecule has 1 aliphatic heterocycles. The number of halogens is 5. The van der Waals surface area contributed by atoms with Gasteiger partial charge in [0.25, 0.3) is 5.91 Å². The third kappa shape index (κ3) is 4.23. The van der Waals surface area contributed by atoms with Gasteiger partial charge in [0.2, 0.25) is 9.84 Å². The van der Waals surface area contributed by atoms with E-state index < -0.39 is 44.1 Å². The van der Waals surface area contributed by atoms with E-state index in [1.165, 1.54) is 16.7 Å². The molecule has 0 saturated carbocycles. The molecular formula is C16H15F5N4O3S. The molecule has 7 nitrogen and oxygen atoms in total. The van der Waals surface area contributed by atoms with Crippen LogP contribution in [0.25, 0.3) is 0 Å². The summed E-state index contributed by atoms with van der Waals surface area (Å²) in [7, 11) is -4.99. The minimum Gasteiger partial charge on any atom is -0.345 e. The van der Waals surface area contributed by atoms with E-state index in [1.807, 2.05) is 0 Å². The molecule has 1 aromatic heterocycles. The van der Waals surface area contributed by atoms with Gasteiger partial charge in [0.15, 0.2) is 5.82 Å². The Morgan fingerprint density at radius 2 is 1.93 bits per heavy atom. The maximum atomic E-state index is 12.9. The fourth-order valence-electron chi connectivity index (χ4n) is 3.05. The van der Waals surface area contributed by atoms with Gasteiger partial charge < -0.3 is 9.88 Å². The van der Waals surface area contributed by atoms with Gasteiger partial charge >= 0.3 is 11.9 Å². The second-order valence-corrected chi connectivity index (χ2v) is 8.29. The van der Waals surface area contributed by atoms with Crippen molar-refractivity contribution in [3.8, 4) is 0 Å². The number of hydrogen-bond acceptors (Lipinski definition) is 5. The highest BCUT2D eigenvalue weighted by Crippen LogP contribution is 2.34. The Balaban J connectivity index is 1.75. The molecule has 3 rings (SSSR count). The molecule has 158 valence electrons. The molecule has 0 aliphatic carbocycles. The minimum atomic E-state index is -4.99. The summed E-state index contributed by atoms with van der Waals surface area (Å²) in [5.74, 6) is -5.84. The second kappa shape index (κ2) is 7.69. The summed E-state index contributed by atoms with van der Waals surface area (Å²) in [6, 6.07) is 4.50. The molecule has 2 heterocycles. The average Bonchev–Trinajstić information content (AvgIpc) is 3.07. The molecule has 0 radical (unpaired) electrons. The van der Waals surface area contributed by atoms with E-state index >= 15 is 0 Å². The van der Waals surface area contributed by atoms with Gasteiger partial charge in [-0.2, -0.15) is 22.0 Å². The molecule has 0 unspecified atom stereocenters. The van der Waals surface area contributed by atoms with Crippen molar-refractivity contribution >= 4 is 15.7 Å². The molecule has 0 bridgehead atoms. The van der Waals surface area contributed by atoms with Crippen molar-refractivity contribution in [1.29, 1.82) is 0 Å². The van der Waals surface area contributed by atoms with Crippen molar-refractivity contribution in [1.82, 2.24) is 20.1 Å². The smallest absolute Gasteiger partial charge is 0.345 e. The maximum absolute atomic E-state index is 12.9. The fourth-order valence-corrected chi connectivity index (χ4v) is 3.98. The van der Waals surface area contributed by atoms with E-state index in [-0.39, 0.29) is 37.6 Å². The highest BCUT2D eigenvalue weighted by atomic mass is 32.2. The predicted molar refractivity (Wildman–Crippen MR) is 88.7 cm³/mol. The van der Waals surface area contributed by atoms with Crippen LogP contribution in [0.15, 0.2) is 29.2 Å². The number of hydrogen-bond donors (Lipinski definition) is 1. The number of alkyl halides is 5. The third-order valence-corrected chi connectivity index (χ3v) is 6.02. The summed E-state index contributed by atoms with van der Waals surface area (Å²) in [6.45, 7) is -0.250. The zero-order chi connectivity index (χ0) is 21.4. The summed E-state index contributed by atoms with van der Waals surface area (Å²) < 4.78 is 89.2. The molecule has 29 heavy (non-hydrogen) atoms. The Bertz CT molecular complexity index is 1020. The highest BCUT2D eigenvalue weighted by Gasteiger charge is 2.42. The Labute approximate surface area is 161 Å². The normalized spacial score (nSPS) is 17.2. The van der Waals surface area contributed by atoms with E-state index in [1.54, 1.807) is 0 Å². The molecule has 2 aromatic rings.